The van der Waals surface area contributed by atoms with Gasteiger partial charge in [0.1, 0.15) is 5.75 Å². The molecule has 0 bridgehead atoms. The van der Waals surface area contributed by atoms with Crippen LogP contribution in [-0.4, -0.2) is 53.4 Å². The summed E-state index contributed by atoms with van der Waals surface area (Å²) in [5, 5.41) is 0.778. The highest BCUT2D eigenvalue weighted by molar-refractivity contribution is 6.12. The Hall–Kier alpha value is -4.20. The number of unbranched alkanes of at least 4 members (excludes halogenated alkanes) is 3. The Labute approximate surface area is 221 Å². The van der Waals surface area contributed by atoms with Crippen LogP contribution in [0.15, 0.2) is 54.6 Å². The van der Waals surface area contributed by atoms with Gasteiger partial charge in [0.15, 0.2) is 0 Å². The van der Waals surface area contributed by atoms with Crippen molar-refractivity contribution in [3.05, 3.63) is 77.0 Å². The van der Waals surface area contributed by atoms with Gasteiger partial charge in [-0.3, -0.25) is 28.6 Å². The normalized spacial score (nSPS) is 13.0. The lowest BCUT2D eigenvalue weighted by Gasteiger charge is -2.13. The number of fused-ring (bicyclic) bond motifs is 1. The van der Waals surface area contributed by atoms with Crippen LogP contribution in [0.1, 0.15) is 52.9 Å². The maximum absolute atomic E-state index is 13.4. The number of esters is 1. The SMILES string of the molecule is COc1ccc2c(c1)c(CC(=O)OCCCCCCN1C(=O)C=CC1=O)c(C)n2C(=O)c1ccc(C)cc1. The number of benzene rings is 2. The molecule has 1 aromatic heterocycles. The van der Waals surface area contributed by atoms with E-state index < -0.39 is 0 Å². The number of hydrogen-bond acceptors (Lipinski definition) is 6. The molecule has 0 aliphatic carbocycles. The number of imide groups is 1. The van der Waals surface area contributed by atoms with Crippen LogP contribution in [0.3, 0.4) is 0 Å². The number of hydrogen-bond donors (Lipinski definition) is 0. The van der Waals surface area contributed by atoms with Crippen molar-refractivity contribution in [2.45, 2.75) is 46.0 Å². The van der Waals surface area contributed by atoms with Crippen LogP contribution in [0.25, 0.3) is 10.9 Å². The van der Waals surface area contributed by atoms with Crippen LogP contribution in [0.4, 0.5) is 0 Å². The van der Waals surface area contributed by atoms with E-state index in [9.17, 15) is 19.2 Å². The lowest BCUT2D eigenvalue weighted by Crippen LogP contribution is -2.30. The Morgan fingerprint density at radius 2 is 1.55 bits per heavy atom. The van der Waals surface area contributed by atoms with Gasteiger partial charge in [0.05, 0.1) is 25.7 Å². The minimum atomic E-state index is -0.364. The minimum absolute atomic E-state index is 0.0376. The summed E-state index contributed by atoms with van der Waals surface area (Å²) in [5.41, 5.74) is 3.77. The second kappa shape index (κ2) is 11.9. The third-order valence-electron chi connectivity index (χ3n) is 6.80. The summed E-state index contributed by atoms with van der Waals surface area (Å²) < 4.78 is 12.5. The molecule has 0 saturated heterocycles. The van der Waals surface area contributed by atoms with Crippen molar-refractivity contribution >= 4 is 34.6 Å². The molecule has 0 radical (unpaired) electrons. The summed E-state index contributed by atoms with van der Waals surface area (Å²) in [6, 6.07) is 12.9. The topological polar surface area (TPSA) is 94.9 Å². The average molecular weight is 517 g/mol. The van der Waals surface area contributed by atoms with E-state index in [0.29, 0.717) is 41.9 Å². The largest absolute Gasteiger partial charge is 0.497 e. The summed E-state index contributed by atoms with van der Waals surface area (Å²) in [4.78, 5) is 50.6. The van der Waals surface area contributed by atoms with Gasteiger partial charge in [0.25, 0.3) is 17.7 Å². The van der Waals surface area contributed by atoms with Gasteiger partial charge in [-0.25, -0.2) is 0 Å². The molecule has 0 atom stereocenters. The zero-order chi connectivity index (χ0) is 27.2. The summed E-state index contributed by atoms with van der Waals surface area (Å²) in [6.07, 6.45) is 5.65. The maximum atomic E-state index is 13.4. The smallest absolute Gasteiger partial charge is 0.310 e. The molecule has 0 spiro atoms. The Kier molecular flexibility index (Phi) is 8.41. The molecular formula is C30H32N2O6. The first-order chi connectivity index (χ1) is 18.3. The molecule has 2 heterocycles. The highest BCUT2D eigenvalue weighted by Crippen LogP contribution is 2.31. The standard InChI is InChI=1S/C30H32N2O6/c1-20-8-10-22(11-9-20)30(36)32-21(2)24(25-18-23(37-3)12-13-26(25)32)19-29(35)38-17-7-5-4-6-16-31-27(33)14-15-28(31)34/h8-15,18H,4-7,16-17,19H2,1-3H3. The molecule has 0 unspecified atom stereocenters. The van der Waals surface area contributed by atoms with E-state index in [4.69, 9.17) is 9.47 Å². The van der Waals surface area contributed by atoms with E-state index in [-0.39, 0.29) is 36.7 Å². The van der Waals surface area contributed by atoms with Crippen molar-refractivity contribution in [3.8, 4) is 5.75 Å². The van der Waals surface area contributed by atoms with E-state index in [1.54, 1.807) is 29.9 Å². The number of carbonyl (C=O) groups excluding carboxylic acids is 4. The Bertz CT molecular complexity index is 1380. The zero-order valence-electron chi connectivity index (χ0n) is 22.0. The quantitative estimate of drug-likeness (QED) is 0.211. The lowest BCUT2D eigenvalue weighted by molar-refractivity contribution is -0.143. The number of rotatable bonds is 11. The number of aryl methyl sites for hydroxylation is 1. The minimum Gasteiger partial charge on any atom is -0.497 e. The van der Waals surface area contributed by atoms with Crippen LogP contribution in [0, 0.1) is 13.8 Å². The molecular weight excluding hydrogens is 484 g/mol. The third-order valence-corrected chi connectivity index (χ3v) is 6.80. The van der Waals surface area contributed by atoms with Gasteiger partial charge in [-0.2, -0.15) is 0 Å². The third kappa shape index (κ3) is 5.85. The molecule has 3 aromatic rings. The first kappa shape index (κ1) is 26.9. The molecule has 2 amide bonds. The summed E-state index contributed by atoms with van der Waals surface area (Å²) in [7, 11) is 1.58. The second-order valence-electron chi connectivity index (χ2n) is 9.43. The van der Waals surface area contributed by atoms with E-state index in [1.165, 1.54) is 17.1 Å². The first-order valence-corrected chi connectivity index (χ1v) is 12.8. The van der Waals surface area contributed by atoms with E-state index in [0.717, 1.165) is 29.4 Å². The number of amides is 2. The van der Waals surface area contributed by atoms with Gasteiger partial charge in [-0.05, 0) is 69.0 Å². The average Bonchev–Trinajstić information content (AvgIpc) is 3.37. The van der Waals surface area contributed by atoms with Crippen LogP contribution in [0.5, 0.6) is 5.75 Å². The van der Waals surface area contributed by atoms with Crippen molar-refractivity contribution in [2.75, 3.05) is 20.3 Å². The number of nitrogens with zero attached hydrogens (tertiary/aromatic N) is 2. The Morgan fingerprint density at radius 3 is 2.24 bits per heavy atom. The van der Waals surface area contributed by atoms with E-state index in [1.807, 2.05) is 38.1 Å². The van der Waals surface area contributed by atoms with Crippen molar-refractivity contribution in [1.29, 1.82) is 0 Å². The fourth-order valence-corrected chi connectivity index (χ4v) is 4.66. The van der Waals surface area contributed by atoms with Crippen LogP contribution >= 0.6 is 0 Å². The first-order valence-electron chi connectivity index (χ1n) is 12.8. The van der Waals surface area contributed by atoms with Crippen LogP contribution < -0.4 is 4.74 Å². The number of methoxy groups -OCH3 is 1. The predicted molar refractivity (Wildman–Crippen MR) is 143 cm³/mol. The summed E-state index contributed by atoms with van der Waals surface area (Å²) >= 11 is 0. The van der Waals surface area contributed by atoms with Gasteiger partial charge in [-0.15, -0.1) is 0 Å². The van der Waals surface area contributed by atoms with Crippen molar-refractivity contribution in [1.82, 2.24) is 9.47 Å². The zero-order valence-corrected chi connectivity index (χ0v) is 22.0. The van der Waals surface area contributed by atoms with Crippen molar-refractivity contribution in [2.24, 2.45) is 0 Å². The fourth-order valence-electron chi connectivity index (χ4n) is 4.66. The molecule has 1 aliphatic rings. The second-order valence-corrected chi connectivity index (χ2v) is 9.43. The van der Waals surface area contributed by atoms with Gasteiger partial charge in [0, 0.05) is 35.3 Å². The molecule has 1 aliphatic heterocycles. The monoisotopic (exact) mass is 516 g/mol. The summed E-state index contributed by atoms with van der Waals surface area (Å²) in [6.45, 7) is 4.49. The van der Waals surface area contributed by atoms with E-state index in [2.05, 4.69) is 0 Å². The molecule has 8 heteroatoms. The predicted octanol–water partition coefficient (Wildman–Crippen LogP) is 4.53. The van der Waals surface area contributed by atoms with E-state index >= 15 is 0 Å². The molecule has 0 N–H and O–H groups in total. The van der Waals surface area contributed by atoms with Crippen LogP contribution in [-0.2, 0) is 25.5 Å². The molecule has 38 heavy (non-hydrogen) atoms. The van der Waals surface area contributed by atoms with Crippen molar-refractivity contribution < 1.29 is 28.7 Å². The van der Waals surface area contributed by atoms with Gasteiger partial charge in [-0.1, -0.05) is 24.1 Å². The number of ether oxygens (including phenoxy) is 2. The molecule has 4 rings (SSSR count). The van der Waals surface area contributed by atoms with Gasteiger partial charge >= 0.3 is 5.97 Å². The number of aromatic nitrogens is 1. The highest BCUT2D eigenvalue weighted by atomic mass is 16.5. The van der Waals surface area contributed by atoms with Gasteiger partial charge < -0.3 is 9.47 Å². The fraction of sp³-hybridized carbons (Fsp3) is 0.333. The highest BCUT2D eigenvalue weighted by Gasteiger charge is 2.23. The van der Waals surface area contributed by atoms with Crippen molar-refractivity contribution in [3.63, 3.8) is 0 Å². The molecule has 2 aromatic carbocycles. The molecule has 0 fully saturated rings. The molecule has 8 nitrogen and oxygen atoms in total. The molecule has 0 saturated carbocycles. The van der Waals surface area contributed by atoms with Gasteiger partial charge in [0.2, 0.25) is 0 Å². The molecule has 198 valence electrons. The maximum Gasteiger partial charge on any atom is 0.310 e. The summed E-state index contributed by atoms with van der Waals surface area (Å²) in [5.74, 6) is -0.416. The number of carbonyl (C=O) groups is 4. The Morgan fingerprint density at radius 1 is 0.868 bits per heavy atom. The Balaban J connectivity index is 1.37. The lowest BCUT2D eigenvalue weighted by atomic mass is 10.1. The van der Waals surface area contributed by atoms with Crippen LogP contribution in [0.2, 0.25) is 0 Å².